The minimum Gasteiger partial charge on any atom is -0.496 e. The summed E-state index contributed by atoms with van der Waals surface area (Å²) in [4.78, 5) is 7.43. The van der Waals surface area contributed by atoms with E-state index in [4.69, 9.17) is 4.74 Å². The van der Waals surface area contributed by atoms with E-state index in [-0.39, 0.29) is 0 Å². The summed E-state index contributed by atoms with van der Waals surface area (Å²) in [5.74, 6) is 1.76. The van der Waals surface area contributed by atoms with Gasteiger partial charge < -0.3 is 15.0 Å². The fraction of sp³-hybridized carbons (Fsp3) is 0.357. The smallest absolute Gasteiger partial charge is 0.200 e. The van der Waals surface area contributed by atoms with E-state index in [1.54, 1.807) is 7.11 Å². The van der Waals surface area contributed by atoms with E-state index in [2.05, 4.69) is 34.3 Å². The first-order valence-electron chi connectivity index (χ1n) is 6.08. The van der Waals surface area contributed by atoms with Gasteiger partial charge in [-0.15, -0.1) is 0 Å². The number of nitrogens with zero attached hydrogens (tertiary/aromatic N) is 1. The Bertz CT molecular complexity index is 520. The SMILES string of the molecule is CNc1ncc(CCc2cc(C)ccc2OC)[nH]1. The summed E-state index contributed by atoms with van der Waals surface area (Å²) in [6.45, 7) is 2.10. The van der Waals surface area contributed by atoms with Crippen LogP contribution in [0.4, 0.5) is 5.95 Å². The van der Waals surface area contributed by atoms with Gasteiger partial charge in [-0.2, -0.15) is 0 Å². The third-order valence-corrected chi connectivity index (χ3v) is 2.96. The third-order valence-electron chi connectivity index (χ3n) is 2.96. The number of nitrogens with one attached hydrogen (secondary N) is 2. The molecule has 96 valence electrons. The summed E-state index contributed by atoms with van der Waals surface area (Å²) in [7, 11) is 3.57. The molecule has 0 aliphatic heterocycles. The van der Waals surface area contributed by atoms with Crippen LogP contribution in [0.5, 0.6) is 5.75 Å². The molecule has 4 nitrogen and oxygen atoms in total. The molecule has 0 amide bonds. The maximum Gasteiger partial charge on any atom is 0.200 e. The van der Waals surface area contributed by atoms with Gasteiger partial charge in [-0.05, 0) is 31.4 Å². The lowest BCUT2D eigenvalue weighted by atomic mass is 10.0. The van der Waals surface area contributed by atoms with E-state index < -0.39 is 0 Å². The lowest BCUT2D eigenvalue weighted by Gasteiger charge is -2.08. The van der Waals surface area contributed by atoms with Crippen molar-refractivity contribution in [1.82, 2.24) is 9.97 Å². The van der Waals surface area contributed by atoms with Crippen molar-refractivity contribution in [3.63, 3.8) is 0 Å². The van der Waals surface area contributed by atoms with E-state index in [0.717, 1.165) is 30.2 Å². The molecular weight excluding hydrogens is 226 g/mol. The molecule has 0 saturated carbocycles. The maximum absolute atomic E-state index is 5.38. The van der Waals surface area contributed by atoms with Gasteiger partial charge in [0.05, 0.1) is 13.3 Å². The number of methoxy groups -OCH3 is 1. The number of ether oxygens (including phenoxy) is 1. The molecule has 1 aromatic carbocycles. The van der Waals surface area contributed by atoms with Crippen LogP contribution < -0.4 is 10.1 Å². The summed E-state index contributed by atoms with van der Waals surface area (Å²) < 4.78 is 5.38. The van der Waals surface area contributed by atoms with Crippen LogP contribution >= 0.6 is 0 Å². The zero-order valence-electron chi connectivity index (χ0n) is 11.1. The molecule has 0 aliphatic carbocycles. The highest BCUT2D eigenvalue weighted by Crippen LogP contribution is 2.21. The van der Waals surface area contributed by atoms with E-state index in [1.807, 2.05) is 19.3 Å². The number of imidazole rings is 1. The highest BCUT2D eigenvalue weighted by Gasteiger charge is 2.05. The van der Waals surface area contributed by atoms with Gasteiger partial charge in [0, 0.05) is 12.7 Å². The number of hydrogen-bond donors (Lipinski definition) is 2. The normalized spacial score (nSPS) is 10.4. The summed E-state index contributed by atoms with van der Waals surface area (Å²) in [6.07, 6.45) is 3.73. The molecule has 0 fully saturated rings. The Morgan fingerprint density at radius 2 is 2.17 bits per heavy atom. The van der Waals surface area contributed by atoms with Gasteiger partial charge in [0.1, 0.15) is 5.75 Å². The first-order chi connectivity index (χ1) is 8.72. The number of anilines is 1. The second-order valence-electron chi connectivity index (χ2n) is 4.32. The molecular formula is C14H19N3O. The lowest BCUT2D eigenvalue weighted by Crippen LogP contribution is -1.97. The van der Waals surface area contributed by atoms with Crippen molar-refractivity contribution in [1.29, 1.82) is 0 Å². The third kappa shape index (κ3) is 2.83. The molecule has 0 radical (unpaired) electrons. The fourth-order valence-corrected chi connectivity index (χ4v) is 1.99. The number of benzene rings is 1. The first kappa shape index (κ1) is 12.5. The Morgan fingerprint density at radius 1 is 1.33 bits per heavy atom. The van der Waals surface area contributed by atoms with Crippen LogP contribution in [0.1, 0.15) is 16.8 Å². The highest BCUT2D eigenvalue weighted by molar-refractivity contribution is 5.37. The van der Waals surface area contributed by atoms with Crippen molar-refractivity contribution in [3.05, 3.63) is 41.2 Å². The van der Waals surface area contributed by atoms with Crippen molar-refractivity contribution in [2.75, 3.05) is 19.5 Å². The van der Waals surface area contributed by atoms with Gasteiger partial charge in [-0.1, -0.05) is 17.7 Å². The van der Waals surface area contributed by atoms with Crippen LogP contribution in [0, 0.1) is 6.92 Å². The molecule has 0 spiro atoms. The molecule has 2 N–H and O–H groups in total. The molecule has 0 saturated heterocycles. The molecule has 0 unspecified atom stereocenters. The van der Waals surface area contributed by atoms with Gasteiger partial charge in [0.25, 0.3) is 0 Å². The van der Waals surface area contributed by atoms with Crippen molar-refractivity contribution >= 4 is 5.95 Å². The topological polar surface area (TPSA) is 49.9 Å². The molecule has 1 aromatic heterocycles. The summed E-state index contributed by atoms with van der Waals surface area (Å²) in [6, 6.07) is 6.27. The molecule has 0 aliphatic rings. The lowest BCUT2D eigenvalue weighted by molar-refractivity contribution is 0.409. The van der Waals surface area contributed by atoms with Crippen LogP contribution in [-0.4, -0.2) is 24.1 Å². The Kier molecular flexibility index (Phi) is 3.87. The number of aryl methyl sites for hydroxylation is 3. The van der Waals surface area contributed by atoms with Crippen molar-refractivity contribution in [2.45, 2.75) is 19.8 Å². The van der Waals surface area contributed by atoms with Crippen LogP contribution in [-0.2, 0) is 12.8 Å². The Hall–Kier alpha value is -1.97. The van der Waals surface area contributed by atoms with Gasteiger partial charge in [-0.25, -0.2) is 4.98 Å². The van der Waals surface area contributed by atoms with Gasteiger partial charge in [0.15, 0.2) is 5.95 Å². The van der Waals surface area contributed by atoms with Crippen LogP contribution in [0.15, 0.2) is 24.4 Å². The quantitative estimate of drug-likeness (QED) is 0.851. The molecule has 1 heterocycles. The number of aromatic amines is 1. The fourth-order valence-electron chi connectivity index (χ4n) is 1.99. The average Bonchev–Trinajstić information content (AvgIpc) is 2.84. The summed E-state index contributed by atoms with van der Waals surface area (Å²) in [5, 5.41) is 2.99. The van der Waals surface area contributed by atoms with E-state index in [9.17, 15) is 0 Å². The summed E-state index contributed by atoms with van der Waals surface area (Å²) in [5.41, 5.74) is 3.62. The van der Waals surface area contributed by atoms with Crippen molar-refractivity contribution in [3.8, 4) is 5.75 Å². The molecule has 4 heteroatoms. The minimum absolute atomic E-state index is 0.807. The Morgan fingerprint density at radius 3 is 2.83 bits per heavy atom. The van der Waals surface area contributed by atoms with E-state index in [0.29, 0.717) is 0 Å². The van der Waals surface area contributed by atoms with Gasteiger partial charge >= 0.3 is 0 Å². The van der Waals surface area contributed by atoms with Crippen molar-refractivity contribution in [2.24, 2.45) is 0 Å². The zero-order chi connectivity index (χ0) is 13.0. The number of hydrogen-bond acceptors (Lipinski definition) is 3. The number of aromatic nitrogens is 2. The van der Waals surface area contributed by atoms with E-state index in [1.165, 1.54) is 11.1 Å². The average molecular weight is 245 g/mol. The molecule has 2 rings (SSSR count). The van der Waals surface area contributed by atoms with Crippen LogP contribution in [0.25, 0.3) is 0 Å². The van der Waals surface area contributed by atoms with Crippen molar-refractivity contribution < 1.29 is 4.74 Å². The van der Waals surface area contributed by atoms with Gasteiger partial charge in [0.2, 0.25) is 0 Å². The number of H-pyrrole nitrogens is 1. The predicted octanol–water partition coefficient (Wildman–Crippen LogP) is 2.55. The Balaban J connectivity index is 2.07. The standard InChI is InChI=1S/C14H19N3O/c1-10-4-7-13(18-3)11(8-10)5-6-12-9-16-14(15-2)17-12/h4,7-9H,5-6H2,1-3H3,(H2,15,16,17). The largest absolute Gasteiger partial charge is 0.496 e. The second-order valence-corrected chi connectivity index (χ2v) is 4.32. The monoisotopic (exact) mass is 245 g/mol. The Labute approximate surface area is 107 Å². The van der Waals surface area contributed by atoms with E-state index >= 15 is 0 Å². The highest BCUT2D eigenvalue weighted by atomic mass is 16.5. The first-order valence-corrected chi connectivity index (χ1v) is 6.08. The van der Waals surface area contributed by atoms with Crippen LogP contribution in [0.3, 0.4) is 0 Å². The molecule has 0 bridgehead atoms. The zero-order valence-corrected chi connectivity index (χ0v) is 11.1. The molecule has 2 aromatic rings. The molecule has 0 atom stereocenters. The summed E-state index contributed by atoms with van der Waals surface area (Å²) >= 11 is 0. The minimum atomic E-state index is 0.807. The maximum atomic E-state index is 5.38. The number of rotatable bonds is 5. The second kappa shape index (κ2) is 5.58. The van der Waals surface area contributed by atoms with Crippen LogP contribution in [0.2, 0.25) is 0 Å². The van der Waals surface area contributed by atoms with Gasteiger partial charge in [-0.3, -0.25) is 0 Å². The molecule has 18 heavy (non-hydrogen) atoms. The predicted molar refractivity (Wildman–Crippen MR) is 73.3 cm³/mol.